The van der Waals surface area contributed by atoms with Crippen LogP contribution in [0.5, 0.6) is 0 Å². The lowest BCUT2D eigenvalue weighted by molar-refractivity contribution is 0.480. The summed E-state index contributed by atoms with van der Waals surface area (Å²) in [6.45, 7) is 5.47. The standard InChI is InChI=1S/C7H7N.C4H10O3S/c1-2-7-3-5-8-6-4-7;1-2-3-4-8(5,6)7/h2-6H,1H2;2-4H2,1H3,(H,5,6,7). The van der Waals surface area contributed by atoms with Gasteiger partial charge in [0.05, 0.1) is 5.75 Å². The fourth-order valence-electron chi connectivity index (χ4n) is 0.826. The molecule has 0 fully saturated rings. The first-order valence-corrected chi connectivity index (χ1v) is 6.58. The van der Waals surface area contributed by atoms with Crippen molar-refractivity contribution in [2.24, 2.45) is 0 Å². The SMILES string of the molecule is C=Cc1ccncc1.CCCCS(=O)(=O)O. The highest BCUT2D eigenvalue weighted by Crippen LogP contribution is 1.95. The van der Waals surface area contributed by atoms with Gasteiger partial charge in [-0.25, -0.2) is 0 Å². The van der Waals surface area contributed by atoms with Gasteiger partial charge in [-0.05, 0) is 24.1 Å². The third-order valence-corrected chi connectivity index (χ3v) is 2.50. The Morgan fingerprint density at radius 3 is 2.25 bits per heavy atom. The molecule has 0 amide bonds. The van der Waals surface area contributed by atoms with Gasteiger partial charge in [-0.3, -0.25) is 9.54 Å². The molecule has 90 valence electrons. The predicted molar refractivity (Wildman–Crippen MR) is 65.7 cm³/mol. The van der Waals surface area contributed by atoms with Crippen molar-refractivity contribution in [3.8, 4) is 0 Å². The molecular weight excluding hydrogens is 226 g/mol. The van der Waals surface area contributed by atoms with Crippen LogP contribution in [-0.4, -0.2) is 23.7 Å². The summed E-state index contributed by atoms with van der Waals surface area (Å²) in [5.41, 5.74) is 1.11. The van der Waals surface area contributed by atoms with E-state index in [1.54, 1.807) is 18.5 Å². The van der Waals surface area contributed by atoms with Gasteiger partial charge in [0.15, 0.2) is 0 Å². The molecule has 0 aliphatic carbocycles. The third kappa shape index (κ3) is 9.36. The molecule has 5 heteroatoms. The zero-order chi connectivity index (χ0) is 12.4. The van der Waals surface area contributed by atoms with E-state index in [1.807, 2.05) is 19.1 Å². The Morgan fingerprint density at radius 1 is 1.44 bits per heavy atom. The highest BCUT2D eigenvalue weighted by molar-refractivity contribution is 7.85. The van der Waals surface area contributed by atoms with Crippen molar-refractivity contribution >= 4 is 16.2 Å². The van der Waals surface area contributed by atoms with Crippen molar-refractivity contribution in [3.05, 3.63) is 36.7 Å². The van der Waals surface area contributed by atoms with Gasteiger partial charge in [0, 0.05) is 12.4 Å². The van der Waals surface area contributed by atoms with E-state index in [9.17, 15) is 8.42 Å². The number of pyridine rings is 1. The van der Waals surface area contributed by atoms with Crippen LogP contribution in [0.1, 0.15) is 25.3 Å². The highest BCUT2D eigenvalue weighted by atomic mass is 32.2. The molecule has 0 saturated heterocycles. The molecule has 0 aromatic carbocycles. The van der Waals surface area contributed by atoms with E-state index in [0.717, 1.165) is 12.0 Å². The molecular formula is C11H17NO3S. The average molecular weight is 243 g/mol. The van der Waals surface area contributed by atoms with Gasteiger partial charge in [0.25, 0.3) is 10.1 Å². The lowest BCUT2D eigenvalue weighted by Gasteiger charge is -1.90. The van der Waals surface area contributed by atoms with Crippen LogP contribution in [0.2, 0.25) is 0 Å². The molecule has 1 rings (SSSR count). The Hall–Kier alpha value is -1.20. The Bertz CT molecular complexity index is 387. The fourth-order valence-corrected chi connectivity index (χ4v) is 1.48. The van der Waals surface area contributed by atoms with Crippen LogP contribution in [0, 0.1) is 0 Å². The first-order chi connectivity index (χ1) is 7.49. The Labute approximate surface area is 96.8 Å². The number of hydrogen-bond donors (Lipinski definition) is 1. The Kier molecular flexibility index (Phi) is 7.41. The molecule has 0 spiro atoms. The van der Waals surface area contributed by atoms with Gasteiger partial charge in [-0.1, -0.05) is 26.0 Å². The fraction of sp³-hybridized carbons (Fsp3) is 0.364. The number of unbranched alkanes of at least 4 members (excludes halogenated alkanes) is 1. The summed E-state index contributed by atoms with van der Waals surface area (Å²) in [6.07, 6.45) is 6.62. The molecule has 16 heavy (non-hydrogen) atoms. The van der Waals surface area contributed by atoms with Crippen LogP contribution in [0.15, 0.2) is 31.1 Å². The maximum Gasteiger partial charge on any atom is 0.264 e. The molecule has 1 heterocycles. The topological polar surface area (TPSA) is 67.3 Å². The smallest absolute Gasteiger partial charge is 0.264 e. The minimum Gasteiger partial charge on any atom is -0.286 e. The van der Waals surface area contributed by atoms with Gasteiger partial charge in [0.1, 0.15) is 0 Å². The maximum absolute atomic E-state index is 9.95. The Balaban J connectivity index is 0.000000281. The van der Waals surface area contributed by atoms with Gasteiger partial charge >= 0.3 is 0 Å². The molecule has 0 aliphatic heterocycles. The second kappa shape index (κ2) is 8.01. The summed E-state index contributed by atoms with van der Waals surface area (Å²) in [4.78, 5) is 3.85. The molecule has 4 nitrogen and oxygen atoms in total. The lowest BCUT2D eigenvalue weighted by Crippen LogP contribution is -2.02. The van der Waals surface area contributed by atoms with Crippen molar-refractivity contribution in [2.45, 2.75) is 19.8 Å². The first kappa shape index (κ1) is 14.8. The second-order valence-electron chi connectivity index (χ2n) is 3.12. The second-order valence-corrected chi connectivity index (χ2v) is 4.70. The lowest BCUT2D eigenvalue weighted by atomic mass is 10.3. The van der Waals surface area contributed by atoms with Crippen molar-refractivity contribution in [2.75, 3.05) is 5.75 Å². The van der Waals surface area contributed by atoms with E-state index in [1.165, 1.54) is 0 Å². The van der Waals surface area contributed by atoms with Gasteiger partial charge in [-0.2, -0.15) is 8.42 Å². The van der Waals surface area contributed by atoms with Crippen LogP contribution in [0.4, 0.5) is 0 Å². The van der Waals surface area contributed by atoms with Crippen LogP contribution < -0.4 is 0 Å². The largest absolute Gasteiger partial charge is 0.286 e. The highest BCUT2D eigenvalue weighted by Gasteiger charge is 2.00. The predicted octanol–water partition coefficient (Wildman–Crippen LogP) is 2.40. The van der Waals surface area contributed by atoms with E-state index in [0.29, 0.717) is 6.42 Å². The van der Waals surface area contributed by atoms with Gasteiger partial charge < -0.3 is 0 Å². The third-order valence-electron chi connectivity index (χ3n) is 1.70. The molecule has 0 saturated carbocycles. The van der Waals surface area contributed by atoms with Gasteiger partial charge in [0.2, 0.25) is 0 Å². The summed E-state index contributed by atoms with van der Waals surface area (Å²) in [5, 5.41) is 0. The molecule has 1 N–H and O–H groups in total. The van der Waals surface area contributed by atoms with Crippen molar-refractivity contribution in [1.82, 2.24) is 4.98 Å². The van der Waals surface area contributed by atoms with E-state index >= 15 is 0 Å². The summed E-state index contributed by atoms with van der Waals surface area (Å²) in [6, 6.07) is 3.82. The van der Waals surface area contributed by atoms with E-state index < -0.39 is 10.1 Å². The zero-order valence-corrected chi connectivity index (χ0v) is 10.2. The minimum atomic E-state index is -3.69. The van der Waals surface area contributed by atoms with Gasteiger partial charge in [-0.15, -0.1) is 0 Å². The van der Waals surface area contributed by atoms with Crippen LogP contribution in [0.3, 0.4) is 0 Å². The van der Waals surface area contributed by atoms with Crippen LogP contribution in [-0.2, 0) is 10.1 Å². The quantitative estimate of drug-likeness (QED) is 0.824. The van der Waals surface area contributed by atoms with Crippen molar-refractivity contribution in [1.29, 1.82) is 0 Å². The minimum absolute atomic E-state index is 0.108. The van der Waals surface area contributed by atoms with Crippen molar-refractivity contribution < 1.29 is 13.0 Å². The summed E-state index contributed by atoms with van der Waals surface area (Å²) < 4.78 is 28.0. The summed E-state index contributed by atoms with van der Waals surface area (Å²) in [5.74, 6) is -0.108. The molecule has 1 aromatic rings. The average Bonchev–Trinajstić information content (AvgIpc) is 2.27. The van der Waals surface area contributed by atoms with E-state index in [4.69, 9.17) is 4.55 Å². The van der Waals surface area contributed by atoms with Crippen LogP contribution in [0.25, 0.3) is 6.08 Å². The first-order valence-electron chi connectivity index (χ1n) is 4.97. The number of aromatic nitrogens is 1. The maximum atomic E-state index is 9.95. The Morgan fingerprint density at radius 2 is 2.00 bits per heavy atom. The van der Waals surface area contributed by atoms with E-state index in [-0.39, 0.29) is 5.75 Å². The van der Waals surface area contributed by atoms with E-state index in [2.05, 4.69) is 11.6 Å². The molecule has 1 aromatic heterocycles. The normalized spacial score (nSPS) is 10.1. The number of rotatable bonds is 4. The van der Waals surface area contributed by atoms with Crippen LogP contribution >= 0.6 is 0 Å². The summed E-state index contributed by atoms with van der Waals surface area (Å²) >= 11 is 0. The molecule has 0 atom stereocenters. The molecule has 0 unspecified atom stereocenters. The monoisotopic (exact) mass is 243 g/mol. The molecule has 0 radical (unpaired) electrons. The molecule has 0 bridgehead atoms. The molecule has 0 aliphatic rings. The van der Waals surface area contributed by atoms with Crippen molar-refractivity contribution in [3.63, 3.8) is 0 Å². The number of hydrogen-bond acceptors (Lipinski definition) is 3. The zero-order valence-electron chi connectivity index (χ0n) is 9.33. The summed E-state index contributed by atoms with van der Waals surface area (Å²) in [7, 11) is -3.69. The number of nitrogens with zero attached hydrogens (tertiary/aromatic N) is 1.